The fourth-order valence-corrected chi connectivity index (χ4v) is 3.97. The number of hydrogen-bond acceptors (Lipinski definition) is 4. The van der Waals surface area contributed by atoms with Gasteiger partial charge < -0.3 is 20.3 Å². The molecule has 2 saturated heterocycles. The standard InChI is InChI=1S/C17H28N4OS.HI/c1-2-18-17(19-13-15-5-3-11-22-15)20-14-7-9-21(10-8-14)16-6-4-12-23-16;/h4,6,12,14-15H,2-3,5,7-11,13H2,1H3,(H2,18,19,20);1H. The molecule has 3 heterocycles. The number of rotatable bonds is 5. The summed E-state index contributed by atoms with van der Waals surface area (Å²) in [5, 5.41) is 10.5. The summed E-state index contributed by atoms with van der Waals surface area (Å²) in [6, 6.07) is 4.85. The second-order valence-corrected chi connectivity index (χ2v) is 7.14. The minimum atomic E-state index is 0. The first-order valence-corrected chi connectivity index (χ1v) is 9.68. The highest BCUT2D eigenvalue weighted by atomic mass is 127. The number of guanidine groups is 1. The molecule has 0 amide bonds. The van der Waals surface area contributed by atoms with Crippen LogP contribution in [0.15, 0.2) is 22.5 Å². The van der Waals surface area contributed by atoms with Crippen LogP contribution in [-0.2, 0) is 4.74 Å². The smallest absolute Gasteiger partial charge is 0.191 e. The summed E-state index contributed by atoms with van der Waals surface area (Å²) < 4.78 is 5.66. The van der Waals surface area contributed by atoms with E-state index in [1.807, 2.05) is 11.3 Å². The summed E-state index contributed by atoms with van der Waals surface area (Å²) in [4.78, 5) is 7.20. The van der Waals surface area contributed by atoms with E-state index in [1.165, 1.54) is 11.4 Å². The van der Waals surface area contributed by atoms with E-state index in [9.17, 15) is 0 Å². The molecule has 2 aliphatic heterocycles. The number of ether oxygens (including phenoxy) is 1. The molecular formula is C17H29IN4OS. The van der Waals surface area contributed by atoms with Crippen LogP contribution in [0.2, 0.25) is 0 Å². The Hall–Kier alpha value is -0.540. The molecule has 0 saturated carbocycles. The van der Waals surface area contributed by atoms with Crippen molar-refractivity contribution in [3.63, 3.8) is 0 Å². The van der Waals surface area contributed by atoms with Crippen LogP contribution in [-0.4, -0.2) is 50.9 Å². The summed E-state index contributed by atoms with van der Waals surface area (Å²) in [5.74, 6) is 0.942. The molecule has 0 aliphatic carbocycles. The first-order valence-electron chi connectivity index (χ1n) is 8.80. The van der Waals surface area contributed by atoms with E-state index in [-0.39, 0.29) is 24.0 Å². The first-order chi connectivity index (χ1) is 11.3. The minimum Gasteiger partial charge on any atom is -0.376 e. The lowest BCUT2D eigenvalue weighted by molar-refractivity contribution is 0.117. The lowest BCUT2D eigenvalue weighted by Gasteiger charge is -2.33. The van der Waals surface area contributed by atoms with Crippen LogP contribution in [0.3, 0.4) is 0 Å². The van der Waals surface area contributed by atoms with Crippen molar-refractivity contribution in [1.82, 2.24) is 10.6 Å². The van der Waals surface area contributed by atoms with Crippen molar-refractivity contribution in [2.75, 3.05) is 37.7 Å². The molecule has 136 valence electrons. The van der Waals surface area contributed by atoms with E-state index in [1.54, 1.807) is 0 Å². The Kier molecular flexibility index (Phi) is 8.61. The van der Waals surface area contributed by atoms with Crippen LogP contribution < -0.4 is 15.5 Å². The maximum Gasteiger partial charge on any atom is 0.191 e. The Labute approximate surface area is 166 Å². The first kappa shape index (κ1) is 19.8. The number of thiophene rings is 1. The Bertz CT molecular complexity index is 483. The van der Waals surface area contributed by atoms with Crippen molar-refractivity contribution in [1.29, 1.82) is 0 Å². The molecule has 2 N–H and O–H groups in total. The van der Waals surface area contributed by atoms with Gasteiger partial charge in [-0.05, 0) is 50.1 Å². The molecule has 7 heteroatoms. The monoisotopic (exact) mass is 464 g/mol. The molecule has 1 aromatic rings. The number of anilines is 1. The highest BCUT2D eigenvalue weighted by molar-refractivity contribution is 14.0. The zero-order valence-electron chi connectivity index (χ0n) is 14.4. The van der Waals surface area contributed by atoms with Gasteiger partial charge >= 0.3 is 0 Å². The van der Waals surface area contributed by atoms with Crippen LogP contribution in [0.1, 0.15) is 32.6 Å². The molecule has 0 aromatic carbocycles. The maximum atomic E-state index is 5.66. The van der Waals surface area contributed by atoms with Gasteiger partial charge in [-0.2, -0.15) is 0 Å². The van der Waals surface area contributed by atoms with Crippen LogP contribution >= 0.6 is 35.3 Å². The summed E-state index contributed by atoms with van der Waals surface area (Å²) in [6.07, 6.45) is 4.93. The molecule has 2 fully saturated rings. The Morgan fingerprint density at radius 1 is 1.38 bits per heavy atom. The van der Waals surface area contributed by atoms with E-state index >= 15 is 0 Å². The van der Waals surface area contributed by atoms with Gasteiger partial charge in [-0.1, -0.05) is 0 Å². The van der Waals surface area contributed by atoms with Crippen LogP contribution in [0.4, 0.5) is 5.00 Å². The molecule has 1 aromatic heterocycles. The molecule has 0 spiro atoms. The van der Waals surface area contributed by atoms with Gasteiger partial charge in [0.1, 0.15) is 0 Å². The van der Waals surface area contributed by atoms with Crippen molar-refractivity contribution >= 4 is 46.3 Å². The summed E-state index contributed by atoms with van der Waals surface area (Å²) in [5.41, 5.74) is 0. The van der Waals surface area contributed by atoms with E-state index in [0.29, 0.717) is 12.1 Å². The topological polar surface area (TPSA) is 48.9 Å². The molecule has 0 radical (unpaired) electrons. The molecule has 0 bridgehead atoms. The summed E-state index contributed by atoms with van der Waals surface area (Å²) >= 11 is 1.83. The van der Waals surface area contributed by atoms with Crippen molar-refractivity contribution in [3.8, 4) is 0 Å². The normalized spacial score (nSPS) is 22.3. The van der Waals surface area contributed by atoms with Gasteiger partial charge in [-0.3, -0.25) is 4.99 Å². The Morgan fingerprint density at radius 2 is 2.21 bits per heavy atom. The summed E-state index contributed by atoms with van der Waals surface area (Å²) in [7, 11) is 0. The van der Waals surface area contributed by atoms with Gasteiger partial charge in [0.15, 0.2) is 5.96 Å². The Balaban J connectivity index is 0.00000208. The number of aliphatic imine (C=N–C) groups is 1. The molecule has 5 nitrogen and oxygen atoms in total. The number of hydrogen-bond donors (Lipinski definition) is 2. The van der Waals surface area contributed by atoms with Gasteiger partial charge in [0, 0.05) is 32.3 Å². The molecule has 1 atom stereocenters. The number of piperidine rings is 1. The second-order valence-electron chi connectivity index (χ2n) is 6.21. The lowest BCUT2D eigenvalue weighted by atomic mass is 10.1. The Morgan fingerprint density at radius 3 is 2.83 bits per heavy atom. The SMILES string of the molecule is CCNC(=NCC1CCCO1)NC1CCN(c2cccs2)CC1.I. The fourth-order valence-electron chi connectivity index (χ4n) is 3.19. The third kappa shape index (κ3) is 5.77. The third-order valence-electron chi connectivity index (χ3n) is 4.47. The predicted molar refractivity (Wildman–Crippen MR) is 113 cm³/mol. The highest BCUT2D eigenvalue weighted by Crippen LogP contribution is 2.24. The third-order valence-corrected chi connectivity index (χ3v) is 5.40. The number of halogens is 1. The zero-order valence-corrected chi connectivity index (χ0v) is 17.5. The molecule has 3 rings (SSSR count). The quantitative estimate of drug-likeness (QED) is 0.400. The molecule has 24 heavy (non-hydrogen) atoms. The zero-order chi connectivity index (χ0) is 15.9. The van der Waals surface area contributed by atoms with Crippen molar-refractivity contribution in [3.05, 3.63) is 17.5 Å². The maximum absolute atomic E-state index is 5.66. The molecule has 2 aliphatic rings. The number of nitrogens with one attached hydrogen (secondary N) is 2. The number of nitrogens with zero attached hydrogens (tertiary/aromatic N) is 2. The largest absolute Gasteiger partial charge is 0.376 e. The van der Waals surface area contributed by atoms with Crippen molar-refractivity contribution < 1.29 is 4.74 Å². The average molecular weight is 464 g/mol. The van der Waals surface area contributed by atoms with Gasteiger partial charge in [-0.15, -0.1) is 35.3 Å². The second kappa shape index (κ2) is 10.5. The highest BCUT2D eigenvalue weighted by Gasteiger charge is 2.21. The predicted octanol–water partition coefficient (Wildman–Crippen LogP) is 3.07. The van der Waals surface area contributed by atoms with Gasteiger partial charge in [0.05, 0.1) is 17.6 Å². The van der Waals surface area contributed by atoms with Gasteiger partial charge in [0.25, 0.3) is 0 Å². The van der Waals surface area contributed by atoms with Crippen LogP contribution in [0.5, 0.6) is 0 Å². The van der Waals surface area contributed by atoms with Gasteiger partial charge in [0.2, 0.25) is 0 Å². The van der Waals surface area contributed by atoms with E-state index in [2.05, 4.69) is 40.0 Å². The van der Waals surface area contributed by atoms with Crippen molar-refractivity contribution in [2.24, 2.45) is 4.99 Å². The summed E-state index contributed by atoms with van der Waals surface area (Å²) in [6.45, 7) is 6.90. The van der Waals surface area contributed by atoms with Crippen LogP contribution in [0, 0.1) is 0 Å². The minimum absolute atomic E-state index is 0. The van der Waals surface area contributed by atoms with E-state index in [0.717, 1.165) is 58.0 Å². The van der Waals surface area contributed by atoms with Gasteiger partial charge in [-0.25, -0.2) is 0 Å². The van der Waals surface area contributed by atoms with Crippen LogP contribution in [0.25, 0.3) is 0 Å². The fraction of sp³-hybridized carbons (Fsp3) is 0.706. The molecule has 1 unspecified atom stereocenters. The lowest BCUT2D eigenvalue weighted by Crippen LogP contribution is -2.48. The van der Waals surface area contributed by atoms with E-state index < -0.39 is 0 Å². The van der Waals surface area contributed by atoms with E-state index in [4.69, 9.17) is 9.73 Å². The average Bonchev–Trinajstić information content (AvgIpc) is 3.27. The molecular weight excluding hydrogens is 435 g/mol. The van der Waals surface area contributed by atoms with Crippen molar-refractivity contribution in [2.45, 2.75) is 44.8 Å².